The second-order valence-electron chi connectivity index (χ2n) is 6.11. The maximum absolute atomic E-state index is 12.9. The minimum absolute atomic E-state index is 0.149. The Morgan fingerprint density at radius 1 is 1.17 bits per heavy atom. The van der Waals surface area contributed by atoms with E-state index >= 15 is 0 Å². The summed E-state index contributed by atoms with van der Waals surface area (Å²) in [5.41, 5.74) is 2.10. The summed E-state index contributed by atoms with van der Waals surface area (Å²) in [4.78, 5) is 0.384. The molecule has 0 radical (unpaired) electrons. The van der Waals surface area contributed by atoms with Gasteiger partial charge in [0.15, 0.2) is 0 Å². The van der Waals surface area contributed by atoms with E-state index in [9.17, 15) is 8.42 Å². The number of rotatable bonds is 3. The van der Waals surface area contributed by atoms with Crippen LogP contribution < -0.4 is 0 Å². The van der Waals surface area contributed by atoms with Crippen molar-refractivity contribution in [1.29, 1.82) is 0 Å². The fourth-order valence-electron chi connectivity index (χ4n) is 2.86. The van der Waals surface area contributed by atoms with Crippen molar-refractivity contribution in [2.24, 2.45) is 0 Å². The van der Waals surface area contributed by atoms with Crippen LogP contribution in [0.3, 0.4) is 0 Å². The SMILES string of the molecule is Cc1nnc(C2CCCN(S(=O)(=O)c3ccc(C)c(C)c3)C2)s1. The molecule has 124 valence electrons. The smallest absolute Gasteiger partial charge is 0.207 e. The van der Waals surface area contributed by atoms with E-state index in [0.29, 0.717) is 18.0 Å². The molecule has 0 saturated carbocycles. The van der Waals surface area contributed by atoms with Gasteiger partial charge in [0.2, 0.25) is 10.0 Å². The number of hydrogen-bond acceptors (Lipinski definition) is 5. The highest BCUT2D eigenvalue weighted by Crippen LogP contribution is 2.32. The van der Waals surface area contributed by atoms with E-state index < -0.39 is 10.0 Å². The Morgan fingerprint density at radius 3 is 2.61 bits per heavy atom. The molecular formula is C16H21N3O2S2. The number of piperidine rings is 1. The van der Waals surface area contributed by atoms with Gasteiger partial charge >= 0.3 is 0 Å². The van der Waals surface area contributed by atoms with Gasteiger partial charge in [0.25, 0.3) is 0 Å². The Balaban J connectivity index is 1.86. The van der Waals surface area contributed by atoms with Crippen LogP contribution in [0.1, 0.15) is 39.9 Å². The van der Waals surface area contributed by atoms with Crippen LogP contribution in [0.25, 0.3) is 0 Å². The van der Waals surface area contributed by atoms with Gasteiger partial charge in [-0.2, -0.15) is 4.31 Å². The van der Waals surface area contributed by atoms with Gasteiger partial charge in [0.05, 0.1) is 4.90 Å². The fraction of sp³-hybridized carbons (Fsp3) is 0.500. The highest BCUT2D eigenvalue weighted by Gasteiger charge is 2.32. The Kier molecular flexibility index (Phi) is 4.53. The molecule has 1 aliphatic heterocycles. The minimum atomic E-state index is -3.45. The summed E-state index contributed by atoms with van der Waals surface area (Å²) in [6.07, 6.45) is 1.82. The molecule has 2 aromatic rings. The Morgan fingerprint density at radius 2 is 1.96 bits per heavy atom. The van der Waals surface area contributed by atoms with Gasteiger partial charge in [0, 0.05) is 19.0 Å². The highest BCUT2D eigenvalue weighted by molar-refractivity contribution is 7.89. The molecule has 0 aliphatic carbocycles. The zero-order chi connectivity index (χ0) is 16.6. The fourth-order valence-corrected chi connectivity index (χ4v) is 5.30. The first-order valence-corrected chi connectivity index (χ1v) is 10.0. The summed E-state index contributed by atoms with van der Waals surface area (Å²) in [6, 6.07) is 5.34. The molecule has 0 N–H and O–H groups in total. The van der Waals surface area contributed by atoms with Crippen LogP contribution in [0, 0.1) is 20.8 Å². The largest absolute Gasteiger partial charge is 0.243 e. The number of hydrogen-bond donors (Lipinski definition) is 0. The number of sulfonamides is 1. The standard InChI is InChI=1S/C16H21N3O2S2/c1-11-6-7-15(9-12(11)2)23(20,21)19-8-4-5-14(10-19)16-18-17-13(3)22-16/h6-7,9,14H,4-5,8,10H2,1-3H3. The molecule has 1 aliphatic rings. The van der Waals surface area contributed by atoms with Gasteiger partial charge < -0.3 is 0 Å². The molecule has 5 nitrogen and oxygen atoms in total. The van der Waals surface area contributed by atoms with Gasteiger partial charge in [0.1, 0.15) is 10.0 Å². The van der Waals surface area contributed by atoms with E-state index in [1.165, 1.54) is 0 Å². The molecule has 1 aromatic heterocycles. The van der Waals surface area contributed by atoms with Crippen molar-refractivity contribution >= 4 is 21.4 Å². The molecular weight excluding hydrogens is 330 g/mol. The first kappa shape index (κ1) is 16.5. The van der Waals surface area contributed by atoms with Crippen LogP contribution in [-0.2, 0) is 10.0 Å². The van der Waals surface area contributed by atoms with Crippen molar-refractivity contribution in [2.45, 2.75) is 44.4 Å². The Hall–Kier alpha value is -1.31. The van der Waals surface area contributed by atoms with Crippen molar-refractivity contribution in [1.82, 2.24) is 14.5 Å². The molecule has 1 fully saturated rings. The maximum atomic E-state index is 12.9. The van der Waals surface area contributed by atoms with Crippen molar-refractivity contribution in [3.8, 4) is 0 Å². The molecule has 1 atom stereocenters. The number of benzene rings is 1. The van der Waals surface area contributed by atoms with Gasteiger partial charge in [-0.1, -0.05) is 6.07 Å². The first-order chi connectivity index (χ1) is 10.9. The number of aromatic nitrogens is 2. The third kappa shape index (κ3) is 3.32. The second-order valence-corrected chi connectivity index (χ2v) is 9.26. The topological polar surface area (TPSA) is 63.2 Å². The second kappa shape index (κ2) is 6.30. The molecule has 0 bridgehead atoms. The van der Waals surface area contributed by atoms with Crippen molar-refractivity contribution in [3.05, 3.63) is 39.3 Å². The van der Waals surface area contributed by atoms with E-state index in [0.717, 1.165) is 34.0 Å². The molecule has 0 amide bonds. The quantitative estimate of drug-likeness (QED) is 0.853. The lowest BCUT2D eigenvalue weighted by molar-refractivity contribution is 0.314. The molecule has 0 spiro atoms. The number of nitrogens with zero attached hydrogens (tertiary/aromatic N) is 3. The summed E-state index contributed by atoms with van der Waals surface area (Å²) in [5, 5.41) is 10.1. The van der Waals surface area contributed by atoms with E-state index in [4.69, 9.17) is 0 Å². The molecule has 23 heavy (non-hydrogen) atoms. The molecule has 3 rings (SSSR count). The summed E-state index contributed by atoms with van der Waals surface area (Å²) >= 11 is 1.56. The van der Waals surface area contributed by atoms with Crippen LogP contribution in [0.2, 0.25) is 0 Å². The molecule has 2 heterocycles. The third-order valence-corrected chi connectivity index (χ3v) is 7.25. The van der Waals surface area contributed by atoms with E-state index in [-0.39, 0.29) is 5.92 Å². The average molecular weight is 351 g/mol. The monoisotopic (exact) mass is 351 g/mol. The number of aryl methyl sites for hydroxylation is 3. The van der Waals surface area contributed by atoms with E-state index in [1.807, 2.05) is 26.8 Å². The zero-order valence-corrected chi connectivity index (χ0v) is 15.2. The Labute approximate surface area is 141 Å². The predicted molar refractivity (Wildman–Crippen MR) is 91.3 cm³/mol. The van der Waals surface area contributed by atoms with Crippen LogP contribution in [-0.4, -0.2) is 36.0 Å². The normalized spacial score (nSPS) is 19.9. The third-order valence-electron chi connectivity index (χ3n) is 4.39. The van der Waals surface area contributed by atoms with Crippen LogP contribution in [0.5, 0.6) is 0 Å². The summed E-state index contributed by atoms with van der Waals surface area (Å²) in [7, 11) is -3.45. The molecule has 1 aromatic carbocycles. The van der Waals surface area contributed by atoms with Gasteiger partial charge in [-0.05, 0) is 56.9 Å². The van der Waals surface area contributed by atoms with Gasteiger partial charge in [-0.3, -0.25) is 0 Å². The van der Waals surface area contributed by atoms with Crippen molar-refractivity contribution in [2.75, 3.05) is 13.1 Å². The molecule has 1 unspecified atom stereocenters. The van der Waals surface area contributed by atoms with Crippen LogP contribution in [0.4, 0.5) is 0 Å². The lowest BCUT2D eigenvalue weighted by Gasteiger charge is -2.30. The van der Waals surface area contributed by atoms with Crippen LogP contribution in [0.15, 0.2) is 23.1 Å². The lowest BCUT2D eigenvalue weighted by atomic mass is 10.0. The van der Waals surface area contributed by atoms with Crippen molar-refractivity contribution in [3.63, 3.8) is 0 Å². The molecule has 7 heteroatoms. The lowest BCUT2D eigenvalue weighted by Crippen LogP contribution is -2.39. The zero-order valence-electron chi connectivity index (χ0n) is 13.6. The van der Waals surface area contributed by atoms with Gasteiger partial charge in [-0.15, -0.1) is 21.5 Å². The van der Waals surface area contributed by atoms with Gasteiger partial charge in [-0.25, -0.2) is 8.42 Å². The summed E-state index contributed by atoms with van der Waals surface area (Å²) in [5.74, 6) is 0.149. The highest BCUT2D eigenvalue weighted by atomic mass is 32.2. The first-order valence-electron chi connectivity index (χ1n) is 7.75. The molecule has 1 saturated heterocycles. The average Bonchev–Trinajstić information content (AvgIpc) is 2.96. The van der Waals surface area contributed by atoms with E-state index in [1.54, 1.807) is 27.8 Å². The summed E-state index contributed by atoms with van der Waals surface area (Å²) in [6.45, 7) is 6.92. The van der Waals surface area contributed by atoms with Crippen molar-refractivity contribution < 1.29 is 8.42 Å². The van der Waals surface area contributed by atoms with E-state index in [2.05, 4.69) is 10.2 Å². The minimum Gasteiger partial charge on any atom is -0.207 e. The maximum Gasteiger partial charge on any atom is 0.243 e. The van der Waals surface area contributed by atoms with Crippen LogP contribution >= 0.6 is 11.3 Å². The summed E-state index contributed by atoms with van der Waals surface area (Å²) < 4.78 is 27.5. The predicted octanol–water partition coefficient (Wildman–Crippen LogP) is 3.03. The Bertz CT molecular complexity index is 814.